The first-order valence-corrected chi connectivity index (χ1v) is 9.67. The molecule has 0 bridgehead atoms. The van der Waals surface area contributed by atoms with E-state index in [4.69, 9.17) is 5.10 Å². The van der Waals surface area contributed by atoms with E-state index >= 15 is 0 Å². The van der Waals surface area contributed by atoms with Crippen molar-refractivity contribution >= 4 is 28.1 Å². The van der Waals surface area contributed by atoms with Crippen LogP contribution in [-0.4, -0.2) is 19.8 Å². The van der Waals surface area contributed by atoms with Crippen molar-refractivity contribution in [3.05, 3.63) is 71.5 Å². The summed E-state index contributed by atoms with van der Waals surface area (Å²) in [6.07, 6.45) is 0. The summed E-state index contributed by atoms with van der Waals surface area (Å²) in [5.74, 6) is 2.67. The van der Waals surface area contributed by atoms with Crippen molar-refractivity contribution in [2.24, 2.45) is 0 Å². The molecular weight excluding hydrogens is 336 g/mol. The summed E-state index contributed by atoms with van der Waals surface area (Å²) in [7, 11) is 0. The van der Waals surface area contributed by atoms with Gasteiger partial charge in [0.15, 0.2) is 5.82 Å². The van der Waals surface area contributed by atoms with Crippen LogP contribution in [0.4, 0.5) is 0 Å². The van der Waals surface area contributed by atoms with Gasteiger partial charge in [0.2, 0.25) is 4.96 Å². The Hall–Kier alpha value is -2.18. The van der Waals surface area contributed by atoms with Gasteiger partial charge in [0.05, 0.1) is 5.75 Å². The number of rotatable bonds is 5. The van der Waals surface area contributed by atoms with Crippen molar-refractivity contribution in [1.82, 2.24) is 19.8 Å². The van der Waals surface area contributed by atoms with Crippen LogP contribution >= 0.6 is 23.1 Å². The Morgan fingerprint density at radius 1 is 0.958 bits per heavy atom. The zero-order valence-electron chi connectivity index (χ0n) is 13.2. The van der Waals surface area contributed by atoms with Crippen LogP contribution in [0.5, 0.6) is 0 Å². The number of aryl methyl sites for hydroxylation is 1. The average Bonchev–Trinajstić information content (AvgIpc) is 3.18. The molecule has 2 heterocycles. The number of hydrogen-bond donors (Lipinski definition) is 0. The second-order valence-electron chi connectivity index (χ2n) is 5.51. The quantitative estimate of drug-likeness (QED) is 0.527. The Morgan fingerprint density at radius 2 is 1.75 bits per heavy atom. The van der Waals surface area contributed by atoms with Crippen molar-refractivity contribution in [3.8, 4) is 10.6 Å². The van der Waals surface area contributed by atoms with Crippen molar-refractivity contribution in [2.45, 2.75) is 18.4 Å². The highest BCUT2D eigenvalue weighted by molar-refractivity contribution is 7.97. The molecule has 0 fully saturated rings. The Labute approximate surface area is 148 Å². The number of aromatic nitrogens is 4. The predicted molar refractivity (Wildman–Crippen MR) is 100 cm³/mol. The van der Waals surface area contributed by atoms with Crippen LogP contribution in [0, 0.1) is 6.92 Å². The van der Waals surface area contributed by atoms with Gasteiger partial charge in [-0.25, -0.2) is 0 Å². The Kier molecular flexibility index (Phi) is 4.32. The zero-order valence-corrected chi connectivity index (χ0v) is 14.8. The zero-order chi connectivity index (χ0) is 16.4. The highest BCUT2D eigenvalue weighted by Crippen LogP contribution is 2.28. The van der Waals surface area contributed by atoms with Crippen LogP contribution < -0.4 is 0 Å². The number of hydrogen-bond acceptors (Lipinski definition) is 5. The normalized spacial score (nSPS) is 11.2. The van der Waals surface area contributed by atoms with Crippen LogP contribution in [0.3, 0.4) is 0 Å². The predicted octanol–water partition coefficient (Wildman–Crippen LogP) is 4.59. The summed E-state index contributed by atoms with van der Waals surface area (Å²) in [6.45, 7) is 2.11. The first kappa shape index (κ1) is 15.4. The Bertz CT molecular complexity index is 959. The molecule has 0 unspecified atom stereocenters. The molecule has 0 aliphatic carbocycles. The van der Waals surface area contributed by atoms with Crippen LogP contribution in [0.1, 0.15) is 17.0 Å². The summed E-state index contributed by atoms with van der Waals surface area (Å²) in [5, 5.41) is 14.3. The van der Waals surface area contributed by atoms with Crippen molar-refractivity contribution in [2.75, 3.05) is 0 Å². The van der Waals surface area contributed by atoms with Gasteiger partial charge < -0.3 is 0 Å². The van der Waals surface area contributed by atoms with Gasteiger partial charge in [-0.15, -0.1) is 22.0 Å². The van der Waals surface area contributed by atoms with E-state index in [2.05, 4.69) is 53.5 Å². The standard InChI is InChI=1S/C18H16N4S2/c1-13-7-5-6-10-15(13)17-21-22-16(19-20-18(22)24-17)12-23-11-14-8-3-2-4-9-14/h2-10H,11-12H2,1H3. The number of thioether (sulfide) groups is 1. The molecule has 120 valence electrons. The molecule has 0 aliphatic heterocycles. The van der Waals surface area contributed by atoms with Gasteiger partial charge in [0.25, 0.3) is 0 Å². The summed E-state index contributed by atoms with van der Waals surface area (Å²) >= 11 is 3.41. The number of benzene rings is 2. The maximum Gasteiger partial charge on any atom is 0.235 e. The first-order valence-electron chi connectivity index (χ1n) is 7.70. The highest BCUT2D eigenvalue weighted by Gasteiger charge is 2.14. The lowest BCUT2D eigenvalue weighted by molar-refractivity contribution is 0.887. The molecule has 4 rings (SSSR count). The van der Waals surface area contributed by atoms with E-state index in [0.29, 0.717) is 0 Å². The molecule has 0 saturated carbocycles. The molecule has 0 N–H and O–H groups in total. The third kappa shape index (κ3) is 3.07. The SMILES string of the molecule is Cc1ccccc1-c1nn2c(CSCc3ccccc3)nnc2s1. The van der Waals surface area contributed by atoms with E-state index in [1.807, 2.05) is 34.5 Å². The molecule has 0 radical (unpaired) electrons. The fourth-order valence-corrected chi connectivity index (χ4v) is 4.35. The first-order chi connectivity index (χ1) is 11.8. The smallest absolute Gasteiger partial charge is 0.186 e. The molecule has 6 heteroatoms. The van der Waals surface area contributed by atoms with Crippen molar-refractivity contribution in [3.63, 3.8) is 0 Å². The maximum atomic E-state index is 4.73. The van der Waals surface area contributed by atoms with Gasteiger partial charge in [-0.3, -0.25) is 0 Å². The maximum absolute atomic E-state index is 4.73. The third-order valence-electron chi connectivity index (χ3n) is 3.77. The molecule has 4 nitrogen and oxygen atoms in total. The van der Waals surface area contributed by atoms with E-state index in [1.54, 1.807) is 11.3 Å². The van der Waals surface area contributed by atoms with Crippen molar-refractivity contribution < 1.29 is 0 Å². The average molecular weight is 352 g/mol. The molecule has 0 spiro atoms. The lowest BCUT2D eigenvalue weighted by Gasteiger charge is -2.01. The van der Waals surface area contributed by atoms with E-state index in [9.17, 15) is 0 Å². The molecule has 0 aliphatic rings. The summed E-state index contributed by atoms with van der Waals surface area (Å²) < 4.78 is 1.88. The van der Waals surface area contributed by atoms with Gasteiger partial charge in [-0.2, -0.15) is 9.61 Å². The minimum absolute atomic E-state index is 0.799. The Balaban J connectivity index is 1.53. The van der Waals surface area contributed by atoms with Gasteiger partial charge in [0, 0.05) is 11.3 Å². The van der Waals surface area contributed by atoms with Gasteiger partial charge >= 0.3 is 0 Å². The van der Waals surface area contributed by atoms with E-state index in [0.717, 1.165) is 32.9 Å². The van der Waals surface area contributed by atoms with Crippen LogP contribution in [0.25, 0.3) is 15.5 Å². The lowest BCUT2D eigenvalue weighted by Crippen LogP contribution is -1.95. The topological polar surface area (TPSA) is 43.1 Å². The highest BCUT2D eigenvalue weighted by atomic mass is 32.2. The number of nitrogens with zero attached hydrogens (tertiary/aromatic N) is 4. The summed E-state index contributed by atoms with van der Waals surface area (Å²) in [5.41, 5.74) is 3.71. The Morgan fingerprint density at radius 3 is 2.58 bits per heavy atom. The van der Waals surface area contributed by atoms with Crippen LogP contribution in [0.2, 0.25) is 0 Å². The second-order valence-corrected chi connectivity index (χ2v) is 7.45. The van der Waals surface area contributed by atoms with Crippen molar-refractivity contribution in [1.29, 1.82) is 0 Å². The van der Waals surface area contributed by atoms with Gasteiger partial charge in [-0.1, -0.05) is 65.9 Å². The molecule has 24 heavy (non-hydrogen) atoms. The fraction of sp³-hybridized carbons (Fsp3) is 0.167. The summed E-state index contributed by atoms with van der Waals surface area (Å²) in [4.78, 5) is 0.851. The van der Waals surface area contributed by atoms with Gasteiger partial charge in [0.1, 0.15) is 5.01 Å². The largest absolute Gasteiger partial charge is 0.235 e. The van der Waals surface area contributed by atoms with Crippen LogP contribution in [0.15, 0.2) is 54.6 Å². The van der Waals surface area contributed by atoms with E-state index < -0.39 is 0 Å². The monoisotopic (exact) mass is 352 g/mol. The molecule has 0 atom stereocenters. The van der Waals surface area contributed by atoms with E-state index in [1.165, 1.54) is 11.1 Å². The number of fused-ring (bicyclic) bond motifs is 1. The van der Waals surface area contributed by atoms with Crippen LogP contribution in [-0.2, 0) is 11.5 Å². The fourth-order valence-electron chi connectivity index (χ4n) is 2.50. The molecule has 2 aromatic heterocycles. The molecule has 2 aromatic carbocycles. The molecular formula is C18H16N4S2. The molecule has 0 saturated heterocycles. The molecule has 4 aromatic rings. The minimum atomic E-state index is 0.799. The van der Waals surface area contributed by atoms with E-state index in [-0.39, 0.29) is 0 Å². The minimum Gasteiger partial charge on any atom is -0.186 e. The lowest BCUT2D eigenvalue weighted by atomic mass is 10.1. The molecule has 0 amide bonds. The second kappa shape index (κ2) is 6.75. The third-order valence-corrected chi connectivity index (χ3v) is 5.71. The van der Waals surface area contributed by atoms with Gasteiger partial charge in [-0.05, 0) is 18.1 Å². The summed E-state index contributed by atoms with van der Waals surface area (Å²) in [6, 6.07) is 18.8.